The van der Waals surface area contributed by atoms with Gasteiger partial charge < -0.3 is 4.74 Å². The van der Waals surface area contributed by atoms with Gasteiger partial charge in [-0.05, 0) is 6.07 Å². The van der Waals surface area contributed by atoms with Crippen molar-refractivity contribution in [2.75, 3.05) is 7.11 Å². The molecule has 0 heterocycles. The van der Waals surface area contributed by atoms with E-state index < -0.39 is 28.8 Å². The average molecular weight is 257 g/mol. The summed E-state index contributed by atoms with van der Waals surface area (Å²) < 4.78 is 42.2. The summed E-state index contributed by atoms with van der Waals surface area (Å²) in [5.41, 5.74) is -3.20. The van der Waals surface area contributed by atoms with Crippen molar-refractivity contribution in [3.63, 3.8) is 0 Å². The third-order valence-corrected chi connectivity index (χ3v) is 2.17. The van der Waals surface area contributed by atoms with Crippen molar-refractivity contribution in [3.05, 3.63) is 34.4 Å². The average Bonchev–Trinajstić information content (AvgIpc) is 2.34. The van der Waals surface area contributed by atoms with Gasteiger partial charge in [-0.1, -0.05) is 6.07 Å². The summed E-state index contributed by atoms with van der Waals surface area (Å²) in [6.45, 7) is 0. The molecule has 0 N–H and O–H groups in total. The van der Waals surface area contributed by atoms with Gasteiger partial charge in [0.25, 0.3) is 0 Å². The zero-order chi connectivity index (χ0) is 13.9. The number of nitrogens with zero attached hydrogens (tertiary/aromatic N) is 1. The van der Waals surface area contributed by atoms with Gasteiger partial charge in [-0.2, -0.15) is 18.4 Å². The van der Waals surface area contributed by atoms with Crippen LogP contribution in [0.4, 0.5) is 13.2 Å². The number of methoxy groups -OCH3 is 1. The van der Waals surface area contributed by atoms with Crippen molar-refractivity contribution < 1.29 is 27.5 Å². The third-order valence-electron chi connectivity index (χ3n) is 2.17. The van der Waals surface area contributed by atoms with E-state index in [0.29, 0.717) is 6.07 Å². The number of halogens is 3. The van der Waals surface area contributed by atoms with Gasteiger partial charge in [0.2, 0.25) is 0 Å². The fourth-order valence-electron chi connectivity index (χ4n) is 1.39. The van der Waals surface area contributed by atoms with Crippen LogP contribution in [0.5, 0.6) is 0 Å². The normalized spacial score (nSPS) is 10.6. The van der Waals surface area contributed by atoms with Crippen LogP contribution in [0, 0.1) is 11.3 Å². The Bertz CT molecular complexity index is 544. The number of hydrogen-bond donors (Lipinski definition) is 0. The Morgan fingerprint density at radius 1 is 1.44 bits per heavy atom. The van der Waals surface area contributed by atoms with Gasteiger partial charge in [0, 0.05) is 5.56 Å². The van der Waals surface area contributed by atoms with E-state index in [4.69, 9.17) is 5.26 Å². The molecule has 94 valence electrons. The Balaban J connectivity index is 3.70. The lowest BCUT2D eigenvalue weighted by atomic mass is 9.97. The second kappa shape index (κ2) is 4.87. The maximum atomic E-state index is 12.6. The molecule has 1 rings (SSSR count). The Kier molecular flexibility index (Phi) is 3.71. The van der Waals surface area contributed by atoms with E-state index in [1.807, 2.05) is 0 Å². The molecule has 1 aromatic carbocycles. The molecule has 0 fully saturated rings. The van der Waals surface area contributed by atoms with E-state index in [9.17, 15) is 22.8 Å². The van der Waals surface area contributed by atoms with Crippen LogP contribution in [0.25, 0.3) is 0 Å². The first-order valence-corrected chi connectivity index (χ1v) is 4.54. The summed E-state index contributed by atoms with van der Waals surface area (Å²) in [5.74, 6) is -1.17. The van der Waals surface area contributed by atoms with Crippen LogP contribution in [-0.4, -0.2) is 19.4 Å². The maximum Gasteiger partial charge on any atom is 0.417 e. The molecule has 0 saturated carbocycles. The number of nitriles is 1. The molecule has 0 atom stereocenters. The van der Waals surface area contributed by atoms with Crippen LogP contribution < -0.4 is 0 Å². The number of carbonyl (C=O) groups excluding carboxylic acids is 2. The van der Waals surface area contributed by atoms with E-state index in [2.05, 4.69) is 4.74 Å². The number of ether oxygens (including phenoxy) is 1. The fraction of sp³-hybridized carbons (Fsp3) is 0.182. The predicted octanol–water partition coefficient (Wildman–Crippen LogP) is 2.18. The number of benzene rings is 1. The van der Waals surface area contributed by atoms with Crippen LogP contribution in [0.1, 0.15) is 31.8 Å². The molecule has 18 heavy (non-hydrogen) atoms. The summed E-state index contributed by atoms with van der Waals surface area (Å²) in [5, 5.41) is 8.75. The molecule has 7 heteroatoms. The zero-order valence-electron chi connectivity index (χ0n) is 9.04. The zero-order valence-corrected chi connectivity index (χ0v) is 9.04. The monoisotopic (exact) mass is 257 g/mol. The van der Waals surface area contributed by atoms with Gasteiger partial charge >= 0.3 is 12.1 Å². The molecule has 0 aliphatic carbocycles. The van der Waals surface area contributed by atoms with Gasteiger partial charge in [0.05, 0.1) is 23.8 Å². The van der Waals surface area contributed by atoms with Crippen LogP contribution in [0.3, 0.4) is 0 Å². The second-order valence-corrected chi connectivity index (χ2v) is 3.17. The maximum absolute atomic E-state index is 12.6. The Labute approximate surface area is 99.6 Å². The van der Waals surface area contributed by atoms with Crippen molar-refractivity contribution in [1.29, 1.82) is 5.26 Å². The highest BCUT2D eigenvalue weighted by Crippen LogP contribution is 2.34. The van der Waals surface area contributed by atoms with Crippen molar-refractivity contribution in [2.45, 2.75) is 6.18 Å². The molecule has 0 aromatic heterocycles. The van der Waals surface area contributed by atoms with E-state index in [1.54, 1.807) is 0 Å². The first kappa shape index (κ1) is 13.7. The minimum absolute atomic E-state index is 0.188. The van der Waals surface area contributed by atoms with Crippen molar-refractivity contribution in [1.82, 2.24) is 0 Å². The second-order valence-electron chi connectivity index (χ2n) is 3.17. The van der Waals surface area contributed by atoms with E-state index in [0.717, 1.165) is 13.2 Å². The number of carbonyl (C=O) groups is 2. The fourth-order valence-corrected chi connectivity index (χ4v) is 1.39. The largest absolute Gasteiger partial charge is 0.465 e. The molecular formula is C11H6F3NO3. The summed E-state index contributed by atoms with van der Waals surface area (Å²) in [4.78, 5) is 22.0. The minimum Gasteiger partial charge on any atom is -0.465 e. The first-order valence-electron chi connectivity index (χ1n) is 4.54. The lowest BCUT2D eigenvalue weighted by molar-refractivity contribution is -0.137. The smallest absolute Gasteiger partial charge is 0.417 e. The third kappa shape index (κ3) is 2.32. The summed E-state index contributed by atoms with van der Waals surface area (Å²) in [6, 6.07) is 2.68. The highest BCUT2D eigenvalue weighted by molar-refractivity contribution is 6.00. The van der Waals surface area contributed by atoms with E-state index in [1.165, 1.54) is 6.07 Å². The van der Waals surface area contributed by atoms with Crippen molar-refractivity contribution >= 4 is 12.3 Å². The topological polar surface area (TPSA) is 67.2 Å². The molecule has 4 nitrogen and oxygen atoms in total. The summed E-state index contributed by atoms with van der Waals surface area (Å²) in [6.07, 6.45) is -4.61. The molecule has 0 aliphatic heterocycles. The highest BCUT2D eigenvalue weighted by atomic mass is 19.4. The minimum atomic E-state index is -4.80. The quantitative estimate of drug-likeness (QED) is 0.601. The molecule has 0 bridgehead atoms. The molecule has 0 spiro atoms. The molecule has 0 aliphatic rings. The van der Waals surface area contributed by atoms with Gasteiger partial charge in [0.15, 0.2) is 6.29 Å². The lowest BCUT2D eigenvalue weighted by Crippen LogP contribution is -2.15. The molecule has 0 saturated heterocycles. The number of rotatable bonds is 2. The standard InChI is InChI=1S/C11H6F3NO3/c1-18-10(17)9-6(5-16)2-3-8(7(9)4-15)11(12,13)14/h2-3,5H,1H3. The molecule has 1 aromatic rings. The van der Waals surface area contributed by atoms with Gasteiger partial charge in [-0.25, -0.2) is 4.79 Å². The Morgan fingerprint density at radius 3 is 2.44 bits per heavy atom. The summed E-state index contributed by atoms with van der Waals surface area (Å²) in [7, 11) is 0.943. The van der Waals surface area contributed by atoms with Crippen molar-refractivity contribution in [2.24, 2.45) is 0 Å². The van der Waals surface area contributed by atoms with Gasteiger partial charge in [0.1, 0.15) is 6.07 Å². The van der Waals surface area contributed by atoms with Gasteiger partial charge in [-0.3, -0.25) is 4.79 Å². The summed E-state index contributed by atoms with van der Waals surface area (Å²) >= 11 is 0. The first-order chi connectivity index (χ1) is 8.36. The molecule has 0 unspecified atom stereocenters. The predicted molar refractivity (Wildman–Crippen MR) is 52.9 cm³/mol. The van der Waals surface area contributed by atoms with E-state index in [-0.39, 0.29) is 11.8 Å². The van der Waals surface area contributed by atoms with Crippen LogP contribution in [-0.2, 0) is 10.9 Å². The van der Waals surface area contributed by atoms with Crippen LogP contribution in [0.2, 0.25) is 0 Å². The SMILES string of the molecule is COC(=O)c1c(C=O)ccc(C(F)(F)F)c1C#N. The number of esters is 1. The Hall–Kier alpha value is -2.36. The number of aldehydes is 1. The molecule has 0 amide bonds. The molecule has 0 radical (unpaired) electrons. The molecular weight excluding hydrogens is 251 g/mol. The number of alkyl halides is 3. The van der Waals surface area contributed by atoms with Gasteiger partial charge in [-0.15, -0.1) is 0 Å². The number of hydrogen-bond acceptors (Lipinski definition) is 4. The van der Waals surface area contributed by atoms with Crippen LogP contribution in [0.15, 0.2) is 12.1 Å². The highest BCUT2D eigenvalue weighted by Gasteiger charge is 2.36. The van der Waals surface area contributed by atoms with Crippen molar-refractivity contribution in [3.8, 4) is 6.07 Å². The van der Waals surface area contributed by atoms with Crippen LogP contribution >= 0.6 is 0 Å². The lowest BCUT2D eigenvalue weighted by Gasteiger charge is -2.12. The Morgan fingerprint density at radius 2 is 2.06 bits per heavy atom. The van der Waals surface area contributed by atoms with E-state index >= 15 is 0 Å².